The molecule has 5 rings (SSSR count). The van der Waals surface area contributed by atoms with Crippen molar-refractivity contribution in [1.82, 2.24) is 19.8 Å². The fraction of sp³-hybridized carbons (Fsp3) is 0.542. The summed E-state index contributed by atoms with van der Waals surface area (Å²) in [6.45, 7) is 5.32. The van der Waals surface area contributed by atoms with Crippen molar-refractivity contribution in [2.24, 2.45) is 5.92 Å². The van der Waals surface area contributed by atoms with Crippen molar-refractivity contribution in [2.75, 3.05) is 13.1 Å². The Morgan fingerprint density at radius 1 is 1.32 bits per heavy atom. The van der Waals surface area contributed by atoms with Crippen LogP contribution in [0.3, 0.4) is 0 Å². The van der Waals surface area contributed by atoms with Crippen LogP contribution in [0, 0.1) is 12.8 Å². The van der Waals surface area contributed by atoms with E-state index in [-0.39, 0.29) is 17.5 Å². The van der Waals surface area contributed by atoms with Gasteiger partial charge < -0.3 is 9.88 Å². The molecule has 0 aromatic carbocycles. The van der Waals surface area contributed by atoms with E-state index in [9.17, 15) is 9.59 Å². The third kappa shape index (κ3) is 4.26. The molecule has 7 heteroatoms. The first-order valence-electron chi connectivity index (χ1n) is 11.4. The topological polar surface area (TPSA) is 69.3 Å². The van der Waals surface area contributed by atoms with Crippen LogP contribution in [0.4, 0.5) is 0 Å². The Labute approximate surface area is 187 Å². The van der Waals surface area contributed by atoms with E-state index >= 15 is 0 Å². The predicted octanol–water partition coefficient (Wildman–Crippen LogP) is 3.72. The van der Waals surface area contributed by atoms with Crippen LogP contribution >= 0.6 is 11.3 Å². The Morgan fingerprint density at radius 3 is 3.00 bits per heavy atom. The number of aryl methyl sites for hydroxylation is 1. The number of likely N-dealkylation sites (tertiary alicyclic amines) is 1. The third-order valence-electron chi connectivity index (χ3n) is 6.94. The summed E-state index contributed by atoms with van der Waals surface area (Å²) in [7, 11) is 0. The van der Waals surface area contributed by atoms with Gasteiger partial charge in [0.15, 0.2) is 0 Å². The van der Waals surface area contributed by atoms with E-state index in [4.69, 9.17) is 4.98 Å². The number of amides is 1. The van der Waals surface area contributed by atoms with E-state index in [0.717, 1.165) is 63.0 Å². The highest BCUT2D eigenvalue weighted by Crippen LogP contribution is 2.32. The van der Waals surface area contributed by atoms with Gasteiger partial charge in [0.25, 0.3) is 5.56 Å². The molecule has 3 aliphatic rings. The molecule has 2 aliphatic heterocycles. The first kappa shape index (κ1) is 20.6. The van der Waals surface area contributed by atoms with Crippen LogP contribution in [-0.4, -0.2) is 38.8 Å². The Kier molecular flexibility index (Phi) is 5.80. The molecule has 2 aromatic heterocycles. The highest BCUT2D eigenvalue weighted by Gasteiger charge is 2.34. The van der Waals surface area contributed by atoms with Crippen molar-refractivity contribution in [3.8, 4) is 0 Å². The minimum absolute atomic E-state index is 0.0365. The van der Waals surface area contributed by atoms with Gasteiger partial charge in [-0.15, -0.1) is 11.3 Å². The lowest BCUT2D eigenvalue weighted by molar-refractivity contribution is -0.133. The number of fused-ring (bicyclic) bond motifs is 1. The zero-order chi connectivity index (χ0) is 21.4. The van der Waals surface area contributed by atoms with Crippen LogP contribution in [0.1, 0.15) is 65.7 Å². The van der Waals surface area contributed by atoms with Gasteiger partial charge >= 0.3 is 0 Å². The molecule has 0 radical (unpaired) electrons. The number of hydrogen-bond donors (Lipinski definition) is 1. The molecule has 2 atom stereocenters. The molecule has 4 heterocycles. The van der Waals surface area contributed by atoms with Crippen LogP contribution < -0.4 is 5.56 Å². The number of rotatable bonds is 5. The molecule has 1 saturated heterocycles. The maximum absolute atomic E-state index is 13.0. The van der Waals surface area contributed by atoms with Crippen molar-refractivity contribution in [1.29, 1.82) is 0 Å². The number of carbonyl (C=O) groups is 1. The standard InChI is InChI=1S/C24H30N4O2S/c1-16-9-12-31-21(16)15-27-11-8-19-18(14-27)24(30)26-23(25-19)20-7-4-10-28(20)22(29)13-17-5-2-3-6-17/h2,5,9,12,17,20H,3-4,6-8,10-11,13-15H2,1H3,(H,25,26,30)/t17-,20+/m1/s1. The van der Waals surface area contributed by atoms with Crippen LogP contribution in [0.15, 0.2) is 28.4 Å². The van der Waals surface area contributed by atoms with Gasteiger partial charge in [0.1, 0.15) is 5.82 Å². The normalized spacial score (nSPS) is 23.5. The average Bonchev–Trinajstić information content (AvgIpc) is 3.51. The minimum atomic E-state index is -0.0947. The molecule has 0 spiro atoms. The number of allylic oxidation sites excluding steroid dienone is 2. The van der Waals surface area contributed by atoms with Gasteiger partial charge in [0, 0.05) is 43.9 Å². The summed E-state index contributed by atoms with van der Waals surface area (Å²) < 4.78 is 0. The Hall–Kier alpha value is -2.25. The molecule has 0 unspecified atom stereocenters. The average molecular weight is 439 g/mol. The second-order valence-corrected chi connectivity index (χ2v) is 10.1. The summed E-state index contributed by atoms with van der Waals surface area (Å²) in [5.41, 5.74) is 2.98. The molecule has 1 fully saturated rings. The summed E-state index contributed by atoms with van der Waals surface area (Å²) in [4.78, 5) is 39.5. The smallest absolute Gasteiger partial charge is 0.255 e. The fourth-order valence-corrected chi connectivity index (χ4v) is 6.07. The van der Waals surface area contributed by atoms with Gasteiger partial charge in [-0.05, 0) is 55.5 Å². The SMILES string of the molecule is Cc1ccsc1CN1CCc2nc([C@@H]3CCCN3C(=O)C[C@@H]3C=CCC3)[nH]c(=O)c2C1. The number of nitrogens with one attached hydrogen (secondary N) is 1. The van der Waals surface area contributed by atoms with Crippen LogP contribution in [0.5, 0.6) is 0 Å². The van der Waals surface area contributed by atoms with Gasteiger partial charge in [-0.3, -0.25) is 14.5 Å². The lowest BCUT2D eigenvalue weighted by Crippen LogP contribution is -2.38. The van der Waals surface area contributed by atoms with E-state index in [1.54, 1.807) is 11.3 Å². The summed E-state index contributed by atoms with van der Waals surface area (Å²) in [5, 5.41) is 2.13. The van der Waals surface area contributed by atoms with Crippen LogP contribution in [0.25, 0.3) is 0 Å². The minimum Gasteiger partial charge on any atom is -0.332 e. The molecule has 1 N–H and O–H groups in total. The van der Waals surface area contributed by atoms with Crippen molar-refractivity contribution in [3.05, 3.63) is 61.5 Å². The lowest BCUT2D eigenvalue weighted by atomic mass is 10.0. The Balaban J connectivity index is 1.32. The lowest BCUT2D eigenvalue weighted by Gasteiger charge is -2.29. The largest absolute Gasteiger partial charge is 0.332 e. The molecular weight excluding hydrogens is 408 g/mol. The zero-order valence-corrected chi connectivity index (χ0v) is 18.9. The molecule has 164 valence electrons. The molecule has 0 bridgehead atoms. The summed E-state index contributed by atoms with van der Waals surface area (Å²) in [6.07, 6.45) is 9.67. The monoisotopic (exact) mass is 438 g/mol. The molecule has 1 aliphatic carbocycles. The number of carbonyl (C=O) groups excluding carboxylic acids is 1. The number of thiophene rings is 1. The van der Waals surface area contributed by atoms with E-state index < -0.39 is 0 Å². The zero-order valence-electron chi connectivity index (χ0n) is 18.1. The number of hydrogen-bond acceptors (Lipinski definition) is 5. The summed E-state index contributed by atoms with van der Waals surface area (Å²) in [5.74, 6) is 1.23. The first-order chi connectivity index (χ1) is 15.1. The number of H-pyrrole nitrogens is 1. The summed E-state index contributed by atoms with van der Waals surface area (Å²) >= 11 is 1.78. The third-order valence-corrected chi connectivity index (χ3v) is 7.95. The van der Waals surface area contributed by atoms with Crippen LogP contribution in [-0.2, 0) is 24.3 Å². The van der Waals surface area contributed by atoms with Crippen molar-refractivity contribution < 1.29 is 4.79 Å². The van der Waals surface area contributed by atoms with Gasteiger partial charge in [0.2, 0.25) is 5.91 Å². The van der Waals surface area contributed by atoms with Crippen molar-refractivity contribution in [3.63, 3.8) is 0 Å². The Bertz CT molecular complexity index is 1060. The van der Waals surface area contributed by atoms with Gasteiger partial charge in [-0.1, -0.05) is 12.2 Å². The van der Waals surface area contributed by atoms with E-state index in [2.05, 4.69) is 40.4 Å². The van der Waals surface area contributed by atoms with Crippen LogP contribution in [0.2, 0.25) is 0 Å². The first-order valence-corrected chi connectivity index (χ1v) is 12.3. The van der Waals surface area contributed by atoms with Gasteiger partial charge in [-0.2, -0.15) is 0 Å². The van der Waals surface area contributed by atoms with Gasteiger partial charge in [0.05, 0.1) is 17.3 Å². The van der Waals surface area contributed by atoms with Crippen molar-refractivity contribution >= 4 is 17.2 Å². The molecule has 2 aromatic rings. The number of aromatic amines is 1. The summed E-state index contributed by atoms with van der Waals surface area (Å²) in [6, 6.07) is 2.05. The van der Waals surface area contributed by atoms with E-state index in [0.29, 0.717) is 24.7 Å². The fourth-order valence-electron chi connectivity index (χ4n) is 5.12. The van der Waals surface area contributed by atoms with Gasteiger partial charge in [-0.25, -0.2) is 4.98 Å². The second kappa shape index (κ2) is 8.71. The maximum Gasteiger partial charge on any atom is 0.255 e. The number of nitrogens with zero attached hydrogens (tertiary/aromatic N) is 3. The maximum atomic E-state index is 13.0. The molecule has 1 amide bonds. The molecule has 6 nitrogen and oxygen atoms in total. The van der Waals surface area contributed by atoms with Crippen molar-refractivity contribution in [2.45, 2.75) is 64.6 Å². The quantitative estimate of drug-likeness (QED) is 0.723. The van der Waals surface area contributed by atoms with E-state index in [1.165, 1.54) is 10.4 Å². The molecular formula is C24H30N4O2S. The highest BCUT2D eigenvalue weighted by atomic mass is 32.1. The second-order valence-electron chi connectivity index (χ2n) is 9.08. The highest BCUT2D eigenvalue weighted by molar-refractivity contribution is 7.10. The Morgan fingerprint density at radius 2 is 2.23 bits per heavy atom. The number of aromatic nitrogens is 2. The molecule has 0 saturated carbocycles. The van der Waals surface area contributed by atoms with E-state index in [1.807, 2.05) is 4.90 Å². The predicted molar refractivity (Wildman–Crippen MR) is 122 cm³/mol. The molecule has 31 heavy (non-hydrogen) atoms.